The summed E-state index contributed by atoms with van der Waals surface area (Å²) in [7, 11) is 0. The third kappa shape index (κ3) is 4.04. The monoisotopic (exact) mass is 152 g/mol. The second-order valence-electron chi connectivity index (χ2n) is 1.54. The van der Waals surface area contributed by atoms with Crippen LogP contribution in [0.25, 0.3) is 0 Å². The topological polar surface area (TPSA) is 34.1 Å². The van der Waals surface area contributed by atoms with Crippen molar-refractivity contribution in [1.82, 2.24) is 0 Å². The minimum Gasteiger partial charge on any atom is -0.303 e. The standard InChI is InChI=1S/C5H8O2.Cr/c1-4(3-6)5(2)7;/h3-4H,1-2H3;/q;+3. The zero-order chi connectivity index (χ0) is 5.86. The van der Waals surface area contributed by atoms with Crippen LogP contribution in [-0.2, 0) is 27.0 Å². The Hall–Kier alpha value is -0.128. The van der Waals surface area contributed by atoms with Crippen molar-refractivity contribution in [3.8, 4) is 0 Å². The van der Waals surface area contributed by atoms with Crippen LogP contribution in [0.4, 0.5) is 0 Å². The zero-order valence-electron chi connectivity index (χ0n) is 4.88. The van der Waals surface area contributed by atoms with Crippen LogP contribution in [0, 0.1) is 5.92 Å². The van der Waals surface area contributed by atoms with Gasteiger partial charge in [0.1, 0.15) is 12.1 Å². The van der Waals surface area contributed by atoms with Crippen LogP contribution in [0.1, 0.15) is 13.8 Å². The normalized spacial score (nSPS) is 11.2. The van der Waals surface area contributed by atoms with Gasteiger partial charge in [0.05, 0.1) is 5.92 Å². The molecule has 1 unspecified atom stereocenters. The molecule has 1 radical (unpaired) electrons. The summed E-state index contributed by atoms with van der Waals surface area (Å²) in [5.41, 5.74) is 0. The van der Waals surface area contributed by atoms with Gasteiger partial charge in [0.25, 0.3) is 0 Å². The number of carbonyl (C=O) groups excluding carboxylic acids is 2. The van der Waals surface area contributed by atoms with Crippen molar-refractivity contribution in [2.45, 2.75) is 13.8 Å². The van der Waals surface area contributed by atoms with Crippen molar-refractivity contribution in [3.63, 3.8) is 0 Å². The molecule has 0 aromatic rings. The molecule has 3 heteroatoms. The summed E-state index contributed by atoms with van der Waals surface area (Å²) in [5, 5.41) is 0. The van der Waals surface area contributed by atoms with Crippen molar-refractivity contribution in [3.05, 3.63) is 0 Å². The summed E-state index contributed by atoms with van der Waals surface area (Å²) in [6.07, 6.45) is 0.641. The fourth-order valence-electron chi connectivity index (χ4n) is 0.0958. The first-order valence-corrected chi connectivity index (χ1v) is 2.14. The average Bonchev–Trinajstić information content (AvgIpc) is 1.65. The number of rotatable bonds is 2. The number of ketones is 1. The number of hydrogen-bond acceptors (Lipinski definition) is 2. The van der Waals surface area contributed by atoms with Crippen LogP contribution < -0.4 is 0 Å². The predicted molar refractivity (Wildman–Crippen MR) is 25.9 cm³/mol. The Morgan fingerprint density at radius 3 is 2.00 bits per heavy atom. The van der Waals surface area contributed by atoms with Crippen LogP contribution >= 0.6 is 0 Å². The van der Waals surface area contributed by atoms with Gasteiger partial charge in [-0.3, -0.25) is 4.79 Å². The van der Waals surface area contributed by atoms with Gasteiger partial charge in [0, 0.05) is 0 Å². The largest absolute Gasteiger partial charge is 3.00 e. The number of aldehydes is 1. The van der Waals surface area contributed by atoms with Gasteiger partial charge in [-0.1, -0.05) is 0 Å². The molecule has 0 aromatic carbocycles. The van der Waals surface area contributed by atoms with Crippen LogP contribution in [0.5, 0.6) is 0 Å². The van der Waals surface area contributed by atoms with Crippen molar-refractivity contribution in [1.29, 1.82) is 0 Å². The van der Waals surface area contributed by atoms with E-state index in [-0.39, 0.29) is 23.1 Å². The summed E-state index contributed by atoms with van der Waals surface area (Å²) in [6.45, 7) is 2.98. The van der Waals surface area contributed by atoms with Crippen LogP contribution in [-0.4, -0.2) is 12.1 Å². The molecular formula is C5H8CrO2+3. The fourth-order valence-corrected chi connectivity index (χ4v) is 0.0958. The summed E-state index contributed by atoms with van der Waals surface area (Å²) >= 11 is 0. The molecule has 0 rings (SSSR count). The Morgan fingerprint density at radius 1 is 1.62 bits per heavy atom. The van der Waals surface area contributed by atoms with E-state index in [1.165, 1.54) is 6.92 Å². The number of hydrogen-bond donors (Lipinski definition) is 0. The van der Waals surface area contributed by atoms with E-state index in [0.717, 1.165) is 0 Å². The smallest absolute Gasteiger partial charge is 0.303 e. The molecule has 2 nitrogen and oxygen atoms in total. The van der Waals surface area contributed by atoms with E-state index in [0.29, 0.717) is 6.29 Å². The minimum atomic E-state index is -0.417. The second-order valence-corrected chi connectivity index (χ2v) is 1.54. The van der Waals surface area contributed by atoms with Crippen molar-refractivity contribution >= 4 is 12.1 Å². The van der Waals surface area contributed by atoms with Crippen molar-refractivity contribution < 1.29 is 27.0 Å². The van der Waals surface area contributed by atoms with E-state index in [9.17, 15) is 9.59 Å². The van der Waals surface area contributed by atoms with E-state index in [1.807, 2.05) is 0 Å². The molecule has 0 aliphatic rings. The van der Waals surface area contributed by atoms with E-state index in [1.54, 1.807) is 6.92 Å². The molecule has 8 heavy (non-hydrogen) atoms. The van der Waals surface area contributed by atoms with Crippen LogP contribution in [0.3, 0.4) is 0 Å². The SMILES string of the molecule is CC(=O)C(C)C=O.[Cr+3]. The van der Waals surface area contributed by atoms with Gasteiger partial charge >= 0.3 is 17.4 Å². The molecule has 1 atom stereocenters. The predicted octanol–water partition coefficient (Wildman–Crippen LogP) is 0.408. The summed E-state index contributed by atoms with van der Waals surface area (Å²) in [5.74, 6) is -0.491. The second kappa shape index (κ2) is 5.02. The summed E-state index contributed by atoms with van der Waals surface area (Å²) in [6, 6.07) is 0. The molecule has 0 aliphatic carbocycles. The fraction of sp³-hybridized carbons (Fsp3) is 0.600. The molecule has 0 N–H and O–H groups in total. The van der Waals surface area contributed by atoms with Crippen LogP contribution in [0.2, 0.25) is 0 Å². The van der Waals surface area contributed by atoms with E-state index >= 15 is 0 Å². The quantitative estimate of drug-likeness (QED) is 0.424. The van der Waals surface area contributed by atoms with E-state index < -0.39 is 5.92 Å². The van der Waals surface area contributed by atoms with Crippen LogP contribution in [0.15, 0.2) is 0 Å². The third-order valence-corrected chi connectivity index (χ3v) is 0.845. The minimum absolute atomic E-state index is 0. The molecule has 43 valence electrons. The van der Waals surface area contributed by atoms with Crippen molar-refractivity contribution in [2.24, 2.45) is 5.92 Å². The van der Waals surface area contributed by atoms with E-state index in [2.05, 4.69) is 0 Å². The van der Waals surface area contributed by atoms with Gasteiger partial charge in [-0.25, -0.2) is 0 Å². The average molecular weight is 152 g/mol. The Morgan fingerprint density at radius 2 is 2.00 bits per heavy atom. The first-order valence-electron chi connectivity index (χ1n) is 2.14. The van der Waals surface area contributed by atoms with Gasteiger partial charge in [-0.05, 0) is 13.8 Å². The zero-order valence-corrected chi connectivity index (χ0v) is 6.15. The first kappa shape index (κ1) is 10.8. The molecule has 0 heterocycles. The summed E-state index contributed by atoms with van der Waals surface area (Å²) < 4.78 is 0. The molecule has 0 spiro atoms. The molecule has 0 fully saturated rings. The summed E-state index contributed by atoms with van der Waals surface area (Å²) in [4.78, 5) is 19.9. The molecule has 0 saturated carbocycles. The van der Waals surface area contributed by atoms with Gasteiger partial charge in [-0.15, -0.1) is 0 Å². The Balaban J connectivity index is 0. The first-order chi connectivity index (χ1) is 3.18. The Bertz CT molecular complexity index is 90.4. The maximum Gasteiger partial charge on any atom is 3.00 e. The molecule has 0 bridgehead atoms. The van der Waals surface area contributed by atoms with Gasteiger partial charge in [0.2, 0.25) is 0 Å². The maximum absolute atomic E-state index is 10.1. The molecule has 0 aliphatic heterocycles. The molecular weight excluding hydrogens is 144 g/mol. The van der Waals surface area contributed by atoms with Gasteiger partial charge in [-0.2, -0.15) is 0 Å². The Kier molecular flexibility index (Phi) is 6.76. The Labute approximate surface area is 59.4 Å². The number of Topliss-reactive ketones (excluding diaryl/α,β-unsaturated/α-hetero) is 1. The third-order valence-electron chi connectivity index (χ3n) is 0.845. The molecule has 0 aromatic heterocycles. The van der Waals surface area contributed by atoms with Gasteiger partial charge in [0.15, 0.2) is 0 Å². The number of carbonyl (C=O) groups is 2. The van der Waals surface area contributed by atoms with E-state index in [4.69, 9.17) is 0 Å². The molecule has 0 saturated heterocycles. The molecule has 0 amide bonds. The maximum atomic E-state index is 10.1. The van der Waals surface area contributed by atoms with Gasteiger partial charge < -0.3 is 4.79 Å². The van der Waals surface area contributed by atoms with Crippen molar-refractivity contribution in [2.75, 3.05) is 0 Å².